The van der Waals surface area contributed by atoms with E-state index in [0.29, 0.717) is 6.42 Å². The van der Waals surface area contributed by atoms with Crippen LogP contribution in [0.3, 0.4) is 0 Å². The van der Waals surface area contributed by atoms with Gasteiger partial charge in [-0.15, -0.1) is 0 Å². The van der Waals surface area contributed by atoms with Crippen LogP contribution < -0.4 is 5.73 Å². The highest BCUT2D eigenvalue weighted by Gasteiger charge is 2.11. The number of hydrogen-bond donors (Lipinski definition) is 2. The summed E-state index contributed by atoms with van der Waals surface area (Å²) in [5, 5.41) is 8.51. The molecule has 0 bridgehead atoms. The van der Waals surface area contributed by atoms with Crippen molar-refractivity contribution in [3.05, 3.63) is 42.1 Å². The zero-order valence-electron chi connectivity index (χ0n) is 11.4. The lowest BCUT2D eigenvalue weighted by Crippen LogP contribution is -2.32. The molecule has 0 amide bonds. The molecular weight excluding hydrogens is 236 g/mol. The number of aromatic nitrogens is 1. The maximum atomic E-state index is 7.35. The SMILES string of the molecule is CC(CC(=N)N)N(C)Cc1ccc2ncccc2c1. The van der Waals surface area contributed by atoms with Crippen LogP contribution in [0.25, 0.3) is 10.9 Å². The van der Waals surface area contributed by atoms with E-state index in [-0.39, 0.29) is 11.9 Å². The first kappa shape index (κ1) is 13.5. The predicted molar refractivity (Wildman–Crippen MR) is 79.2 cm³/mol. The standard InChI is InChI=1S/C15H20N4/c1-11(8-15(16)17)19(2)10-12-5-6-14-13(9-12)4-3-7-18-14/h3-7,9,11H,8,10H2,1-2H3,(H3,16,17). The second-order valence-corrected chi connectivity index (χ2v) is 5.02. The smallest absolute Gasteiger partial charge is 0.0920 e. The van der Waals surface area contributed by atoms with Crippen molar-refractivity contribution in [3.8, 4) is 0 Å². The number of amidine groups is 1. The van der Waals surface area contributed by atoms with Gasteiger partial charge in [-0.05, 0) is 37.7 Å². The van der Waals surface area contributed by atoms with Crippen LogP contribution in [0.15, 0.2) is 36.5 Å². The minimum absolute atomic E-state index is 0.238. The van der Waals surface area contributed by atoms with E-state index in [9.17, 15) is 0 Å². The molecule has 4 nitrogen and oxygen atoms in total. The number of hydrogen-bond acceptors (Lipinski definition) is 3. The molecule has 3 N–H and O–H groups in total. The molecule has 1 atom stereocenters. The maximum absolute atomic E-state index is 7.35. The largest absolute Gasteiger partial charge is 0.388 e. The number of fused-ring (bicyclic) bond motifs is 1. The summed E-state index contributed by atoms with van der Waals surface area (Å²) in [5.74, 6) is 0.238. The summed E-state index contributed by atoms with van der Waals surface area (Å²) in [5.41, 5.74) is 7.71. The molecule has 4 heteroatoms. The van der Waals surface area contributed by atoms with Gasteiger partial charge in [0.2, 0.25) is 0 Å². The molecule has 0 saturated carbocycles. The topological polar surface area (TPSA) is 66.0 Å². The molecule has 100 valence electrons. The van der Waals surface area contributed by atoms with E-state index >= 15 is 0 Å². The first-order valence-electron chi connectivity index (χ1n) is 6.43. The Balaban J connectivity index is 2.10. The van der Waals surface area contributed by atoms with Crippen LogP contribution in [0.2, 0.25) is 0 Å². The van der Waals surface area contributed by atoms with E-state index in [1.54, 1.807) is 0 Å². The fourth-order valence-electron chi connectivity index (χ4n) is 2.14. The second kappa shape index (κ2) is 5.80. The summed E-state index contributed by atoms with van der Waals surface area (Å²) in [6.45, 7) is 2.93. The van der Waals surface area contributed by atoms with Crippen molar-refractivity contribution in [2.75, 3.05) is 7.05 Å². The molecule has 1 unspecified atom stereocenters. The van der Waals surface area contributed by atoms with Gasteiger partial charge in [0.15, 0.2) is 0 Å². The predicted octanol–water partition coefficient (Wildman–Crippen LogP) is 2.38. The Kier molecular flexibility index (Phi) is 4.12. The van der Waals surface area contributed by atoms with Crippen molar-refractivity contribution in [3.63, 3.8) is 0 Å². The van der Waals surface area contributed by atoms with Gasteiger partial charge in [0.25, 0.3) is 0 Å². The number of nitrogens with one attached hydrogen (secondary N) is 1. The van der Waals surface area contributed by atoms with Crippen LogP contribution in [0.4, 0.5) is 0 Å². The molecule has 0 aliphatic heterocycles. The second-order valence-electron chi connectivity index (χ2n) is 5.02. The Bertz CT molecular complexity index is 579. The molecule has 0 radical (unpaired) electrons. The van der Waals surface area contributed by atoms with Crippen molar-refractivity contribution in [2.24, 2.45) is 5.73 Å². The maximum Gasteiger partial charge on any atom is 0.0920 e. The Morgan fingerprint density at radius 2 is 2.21 bits per heavy atom. The monoisotopic (exact) mass is 256 g/mol. The molecule has 1 heterocycles. The Morgan fingerprint density at radius 1 is 1.42 bits per heavy atom. The Hall–Kier alpha value is -1.94. The Labute approximate surface area is 113 Å². The van der Waals surface area contributed by atoms with E-state index in [1.165, 1.54) is 5.56 Å². The highest BCUT2D eigenvalue weighted by Crippen LogP contribution is 2.15. The average Bonchev–Trinajstić information content (AvgIpc) is 2.37. The fourth-order valence-corrected chi connectivity index (χ4v) is 2.14. The van der Waals surface area contributed by atoms with Gasteiger partial charge in [-0.3, -0.25) is 15.3 Å². The fraction of sp³-hybridized carbons (Fsp3) is 0.333. The summed E-state index contributed by atoms with van der Waals surface area (Å²) >= 11 is 0. The first-order valence-corrected chi connectivity index (χ1v) is 6.43. The van der Waals surface area contributed by atoms with Gasteiger partial charge in [-0.2, -0.15) is 0 Å². The normalized spacial score (nSPS) is 12.8. The first-order chi connectivity index (χ1) is 9.06. The minimum atomic E-state index is 0.238. The van der Waals surface area contributed by atoms with Crippen LogP contribution >= 0.6 is 0 Å². The summed E-state index contributed by atoms with van der Waals surface area (Å²) in [7, 11) is 2.06. The van der Waals surface area contributed by atoms with Crippen LogP contribution in [-0.4, -0.2) is 28.8 Å². The highest BCUT2D eigenvalue weighted by molar-refractivity contribution is 5.79. The van der Waals surface area contributed by atoms with Crippen molar-refractivity contribution in [2.45, 2.75) is 25.9 Å². The molecule has 0 aliphatic rings. The lowest BCUT2D eigenvalue weighted by Gasteiger charge is -2.24. The summed E-state index contributed by atoms with van der Waals surface area (Å²) in [6.07, 6.45) is 2.41. The van der Waals surface area contributed by atoms with Crippen molar-refractivity contribution in [1.29, 1.82) is 5.41 Å². The van der Waals surface area contributed by atoms with Crippen LogP contribution in [0.1, 0.15) is 18.9 Å². The summed E-state index contributed by atoms with van der Waals surface area (Å²) < 4.78 is 0. The molecule has 2 aromatic rings. The van der Waals surface area contributed by atoms with E-state index in [1.807, 2.05) is 18.3 Å². The third-order valence-electron chi connectivity index (χ3n) is 3.37. The van der Waals surface area contributed by atoms with Gasteiger partial charge in [0.05, 0.1) is 11.4 Å². The van der Waals surface area contributed by atoms with E-state index in [0.717, 1.165) is 17.4 Å². The number of pyridine rings is 1. The van der Waals surface area contributed by atoms with Crippen molar-refractivity contribution < 1.29 is 0 Å². The minimum Gasteiger partial charge on any atom is -0.388 e. The number of rotatable bonds is 5. The summed E-state index contributed by atoms with van der Waals surface area (Å²) in [4.78, 5) is 6.52. The van der Waals surface area contributed by atoms with Crippen LogP contribution in [-0.2, 0) is 6.54 Å². The Morgan fingerprint density at radius 3 is 2.95 bits per heavy atom. The van der Waals surface area contributed by atoms with Gasteiger partial charge in [-0.1, -0.05) is 12.1 Å². The molecule has 1 aromatic heterocycles. The van der Waals surface area contributed by atoms with Gasteiger partial charge >= 0.3 is 0 Å². The molecule has 0 aliphatic carbocycles. The number of benzene rings is 1. The molecule has 2 rings (SSSR count). The molecule has 0 saturated heterocycles. The van der Waals surface area contributed by atoms with Gasteiger partial charge in [0.1, 0.15) is 0 Å². The van der Waals surface area contributed by atoms with Crippen molar-refractivity contribution in [1.82, 2.24) is 9.88 Å². The van der Waals surface area contributed by atoms with Gasteiger partial charge in [0, 0.05) is 30.6 Å². The highest BCUT2D eigenvalue weighted by atomic mass is 15.1. The molecule has 0 fully saturated rings. The zero-order valence-corrected chi connectivity index (χ0v) is 11.4. The van der Waals surface area contributed by atoms with Crippen molar-refractivity contribution >= 4 is 16.7 Å². The lowest BCUT2D eigenvalue weighted by atomic mass is 10.1. The van der Waals surface area contributed by atoms with Gasteiger partial charge < -0.3 is 5.73 Å². The van der Waals surface area contributed by atoms with E-state index < -0.39 is 0 Å². The van der Waals surface area contributed by atoms with Gasteiger partial charge in [-0.25, -0.2) is 0 Å². The van der Waals surface area contributed by atoms with Crippen LogP contribution in [0.5, 0.6) is 0 Å². The quantitative estimate of drug-likeness (QED) is 0.637. The molecule has 1 aromatic carbocycles. The summed E-state index contributed by atoms with van der Waals surface area (Å²) in [6, 6.07) is 10.6. The lowest BCUT2D eigenvalue weighted by molar-refractivity contribution is 0.254. The van der Waals surface area contributed by atoms with Crippen LogP contribution in [0, 0.1) is 5.41 Å². The number of nitrogens with zero attached hydrogens (tertiary/aromatic N) is 2. The van der Waals surface area contributed by atoms with E-state index in [2.05, 4.69) is 42.1 Å². The third kappa shape index (κ3) is 3.51. The number of nitrogens with two attached hydrogens (primary N) is 1. The van der Waals surface area contributed by atoms with E-state index in [4.69, 9.17) is 11.1 Å². The molecule has 19 heavy (non-hydrogen) atoms. The molecule has 0 spiro atoms. The zero-order chi connectivity index (χ0) is 13.8. The average molecular weight is 256 g/mol. The molecular formula is C15H20N4. The third-order valence-corrected chi connectivity index (χ3v) is 3.37.